The minimum atomic E-state index is -3.96. The van der Waals surface area contributed by atoms with Crippen molar-refractivity contribution in [1.82, 2.24) is 10.2 Å². The summed E-state index contributed by atoms with van der Waals surface area (Å²) in [6.07, 6.45) is 3.35. The number of nitrogens with zero attached hydrogens (tertiary/aromatic N) is 1. The highest BCUT2D eigenvalue weighted by molar-refractivity contribution is 7.92. The second-order valence-corrected chi connectivity index (χ2v) is 9.22. The summed E-state index contributed by atoms with van der Waals surface area (Å²) in [6, 6.07) is 9.17. The van der Waals surface area contributed by atoms with Crippen molar-refractivity contribution >= 4 is 27.5 Å². The van der Waals surface area contributed by atoms with Gasteiger partial charge in [-0.05, 0) is 68.1 Å². The molecule has 2 aromatic rings. The predicted octanol–water partition coefficient (Wildman–Crippen LogP) is 3.07. The Morgan fingerprint density at radius 3 is 2.39 bits per heavy atom. The maximum absolute atomic E-state index is 13.0. The Kier molecular flexibility index (Phi) is 7.27. The molecule has 1 aliphatic rings. The standard InChI is InChI=1S/C22H26FN3O4S/c1-16-5-10-19(31(29,30)25-18-8-6-17(23)7-9-18)15-20(16)22(28)24-12-11-21(27)26-13-3-2-4-14-26/h5-10,15,25H,2-4,11-14H2,1H3,(H,24,28). The molecule has 166 valence electrons. The van der Waals surface area contributed by atoms with Crippen LogP contribution in [-0.2, 0) is 14.8 Å². The van der Waals surface area contributed by atoms with E-state index in [1.165, 1.54) is 24.3 Å². The lowest BCUT2D eigenvalue weighted by Crippen LogP contribution is -2.37. The molecule has 2 amide bonds. The smallest absolute Gasteiger partial charge is 0.261 e. The van der Waals surface area contributed by atoms with E-state index in [2.05, 4.69) is 10.0 Å². The summed E-state index contributed by atoms with van der Waals surface area (Å²) in [5.74, 6) is -0.907. The zero-order valence-electron chi connectivity index (χ0n) is 17.4. The summed E-state index contributed by atoms with van der Waals surface area (Å²) in [5.41, 5.74) is 1.04. The number of halogens is 1. The normalized spacial score (nSPS) is 14.2. The molecule has 0 aromatic heterocycles. The van der Waals surface area contributed by atoms with Gasteiger partial charge in [-0.2, -0.15) is 0 Å². The van der Waals surface area contributed by atoms with Gasteiger partial charge in [-0.1, -0.05) is 6.07 Å². The molecule has 2 N–H and O–H groups in total. The third kappa shape index (κ3) is 6.04. The van der Waals surface area contributed by atoms with Crippen LogP contribution in [0.25, 0.3) is 0 Å². The SMILES string of the molecule is Cc1ccc(S(=O)(=O)Nc2ccc(F)cc2)cc1C(=O)NCCC(=O)N1CCCCC1. The van der Waals surface area contributed by atoms with Crippen LogP contribution in [0.2, 0.25) is 0 Å². The Balaban J connectivity index is 1.64. The second kappa shape index (κ2) is 9.91. The minimum Gasteiger partial charge on any atom is -0.352 e. The lowest BCUT2D eigenvalue weighted by atomic mass is 10.1. The van der Waals surface area contributed by atoms with Gasteiger partial charge in [-0.3, -0.25) is 14.3 Å². The van der Waals surface area contributed by atoms with Crippen molar-refractivity contribution in [2.75, 3.05) is 24.4 Å². The molecule has 9 heteroatoms. The average molecular weight is 448 g/mol. The van der Waals surface area contributed by atoms with Crippen molar-refractivity contribution < 1.29 is 22.4 Å². The van der Waals surface area contributed by atoms with Gasteiger partial charge < -0.3 is 10.2 Å². The van der Waals surface area contributed by atoms with Crippen molar-refractivity contribution in [3.05, 3.63) is 59.4 Å². The van der Waals surface area contributed by atoms with E-state index in [-0.39, 0.29) is 35.0 Å². The molecule has 0 radical (unpaired) electrons. The Labute approximate surface area is 181 Å². The van der Waals surface area contributed by atoms with E-state index in [0.29, 0.717) is 5.56 Å². The monoisotopic (exact) mass is 447 g/mol. The van der Waals surface area contributed by atoms with E-state index in [1.807, 2.05) is 4.90 Å². The van der Waals surface area contributed by atoms with Crippen LogP contribution in [0.4, 0.5) is 10.1 Å². The molecule has 1 fully saturated rings. The molecule has 7 nitrogen and oxygen atoms in total. The van der Waals surface area contributed by atoms with E-state index >= 15 is 0 Å². The summed E-state index contributed by atoms with van der Waals surface area (Å²) in [5, 5.41) is 2.70. The van der Waals surface area contributed by atoms with E-state index in [0.717, 1.165) is 44.5 Å². The Morgan fingerprint density at radius 1 is 1.03 bits per heavy atom. The van der Waals surface area contributed by atoms with E-state index in [1.54, 1.807) is 13.0 Å². The maximum Gasteiger partial charge on any atom is 0.261 e. The molecule has 0 unspecified atom stereocenters. The fourth-order valence-electron chi connectivity index (χ4n) is 3.42. The number of sulfonamides is 1. The van der Waals surface area contributed by atoms with Gasteiger partial charge >= 0.3 is 0 Å². The molecule has 1 aliphatic heterocycles. The van der Waals surface area contributed by atoms with Gasteiger partial charge in [0.2, 0.25) is 5.91 Å². The first-order chi connectivity index (χ1) is 14.8. The second-order valence-electron chi connectivity index (χ2n) is 7.54. The quantitative estimate of drug-likeness (QED) is 0.682. The number of likely N-dealkylation sites (tertiary alicyclic amines) is 1. The molecule has 3 rings (SSSR count). The summed E-state index contributed by atoms with van der Waals surface area (Å²) in [7, 11) is -3.96. The first-order valence-corrected chi connectivity index (χ1v) is 11.7. The van der Waals surface area contributed by atoms with Crippen molar-refractivity contribution in [1.29, 1.82) is 0 Å². The third-order valence-electron chi connectivity index (χ3n) is 5.19. The van der Waals surface area contributed by atoms with Crippen LogP contribution in [0, 0.1) is 12.7 Å². The number of aryl methyl sites for hydroxylation is 1. The van der Waals surface area contributed by atoms with Crippen LogP contribution >= 0.6 is 0 Å². The largest absolute Gasteiger partial charge is 0.352 e. The lowest BCUT2D eigenvalue weighted by Gasteiger charge is -2.26. The summed E-state index contributed by atoms with van der Waals surface area (Å²) in [4.78, 5) is 26.6. The Morgan fingerprint density at radius 2 is 1.71 bits per heavy atom. The van der Waals surface area contributed by atoms with Gasteiger partial charge in [0.05, 0.1) is 4.90 Å². The molecular formula is C22H26FN3O4S. The number of amides is 2. The van der Waals surface area contributed by atoms with Crippen LogP contribution in [0.1, 0.15) is 41.6 Å². The molecule has 1 heterocycles. The first kappa shape index (κ1) is 22.7. The number of anilines is 1. The molecular weight excluding hydrogens is 421 g/mol. The molecule has 1 saturated heterocycles. The van der Waals surface area contributed by atoms with Gasteiger partial charge in [0.25, 0.3) is 15.9 Å². The zero-order valence-corrected chi connectivity index (χ0v) is 18.2. The van der Waals surface area contributed by atoms with Gasteiger partial charge in [-0.15, -0.1) is 0 Å². The summed E-state index contributed by atoms with van der Waals surface area (Å²) < 4.78 is 40.7. The lowest BCUT2D eigenvalue weighted by molar-refractivity contribution is -0.131. The number of carbonyl (C=O) groups is 2. The number of piperidine rings is 1. The number of nitrogens with one attached hydrogen (secondary N) is 2. The van der Waals surface area contributed by atoms with Crippen LogP contribution in [0.15, 0.2) is 47.4 Å². The van der Waals surface area contributed by atoms with Crippen molar-refractivity contribution in [2.45, 2.75) is 37.5 Å². The zero-order chi connectivity index (χ0) is 22.4. The number of hydrogen-bond donors (Lipinski definition) is 2. The van der Waals surface area contributed by atoms with Gasteiger partial charge in [0, 0.05) is 37.3 Å². The Hall–Kier alpha value is -2.94. The molecule has 31 heavy (non-hydrogen) atoms. The number of hydrogen-bond acceptors (Lipinski definition) is 4. The molecule has 0 atom stereocenters. The minimum absolute atomic E-state index is 0.0107. The van der Waals surface area contributed by atoms with Crippen molar-refractivity contribution in [3.8, 4) is 0 Å². The van der Waals surface area contributed by atoms with Crippen LogP contribution in [0.5, 0.6) is 0 Å². The third-order valence-corrected chi connectivity index (χ3v) is 6.57. The topological polar surface area (TPSA) is 95.6 Å². The van der Waals surface area contributed by atoms with Crippen LogP contribution < -0.4 is 10.0 Å². The van der Waals surface area contributed by atoms with E-state index in [9.17, 15) is 22.4 Å². The fraction of sp³-hybridized carbons (Fsp3) is 0.364. The molecule has 0 saturated carbocycles. The number of carbonyl (C=O) groups excluding carboxylic acids is 2. The maximum atomic E-state index is 13.0. The van der Waals surface area contributed by atoms with Gasteiger partial charge in [0.1, 0.15) is 5.82 Å². The summed E-state index contributed by atoms with van der Waals surface area (Å²) in [6.45, 7) is 3.40. The molecule has 0 bridgehead atoms. The fourth-order valence-corrected chi connectivity index (χ4v) is 4.51. The Bertz CT molecular complexity index is 1050. The van der Waals surface area contributed by atoms with Crippen molar-refractivity contribution in [2.24, 2.45) is 0 Å². The molecule has 2 aromatic carbocycles. The van der Waals surface area contributed by atoms with Crippen LogP contribution in [-0.4, -0.2) is 44.8 Å². The van der Waals surface area contributed by atoms with Crippen molar-refractivity contribution in [3.63, 3.8) is 0 Å². The number of benzene rings is 2. The van der Waals surface area contributed by atoms with E-state index in [4.69, 9.17) is 0 Å². The number of rotatable bonds is 7. The van der Waals surface area contributed by atoms with Gasteiger partial charge in [0.15, 0.2) is 0 Å². The predicted molar refractivity (Wildman–Crippen MR) is 116 cm³/mol. The molecule has 0 aliphatic carbocycles. The average Bonchev–Trinajstić information content (AvgIpc) is 2.75. The summed E-state index contributed by atoms with van der Waals surface area (Å²) >= 11 is 0. The highest BCUT2D eigenvalue weighted by Gasteiger charge is 2.20. The van der Waals surface area contributed by atoms with Crippen LogP contribution in [0.3, 0.4) is 0 Å². The highest BCUT2D eigenvalue weighted by Crippen LogP contribution is 2.20. The molecule has 0 spiro atoms. The van der Waals surface area contributed by atoms with Gasteiger partial charge in [-0.25, -0.2) is 12.8 Å². The highest BCUT2D eigenvalue weighted by atomic mass is 32.2. The van der Waals surface area contributed by atoms with E-state index < -0.39 is 21.7 Å². The first-order valence-electron chi connectivity index (χ1n) is 10.2.